The lowest BCUT2D eigenvalue weighted by Gasteiger charge is -2.44. The van der Waals surface area contributed by atoms with E-state index < -0.39 is 68.8 Å². The number of esters is 1. The van der Waals surface area contributed by atoms with Crippen LogP contribution in [0.3, 0.4) is 0 Å². The van der Waals surface area contributed by atoms with E-state index >= 15 is 0 Å². The zero-order valence-corrected chi connectivity index (χ0v) is 26.8. The summed E-state index contributed by atoms with van der Waals surface area (Å²) in [6, 6.07) is -2.72. The minimum atomic E-state index is -4.98. The molecule has 0 aromatic carbocycles. The summed E-state index contributed by atoms with van der Waals surface area (Å²) in [6.45, 7) is 12.5. The first-order valence-electron chi connectivity index (χ1n) is 13.0. The number of nitrogens with one attached hydrogen (secondary N) is 2. The maximum Gasteiger partial charge on any atom is 0.413 e. The minimum Gasteiger partial charge on any atom is -0.457 e. The molecule has 18 nitrogen and oxygen atoms in total. The lowest BCUT2D eigenvalue weighted by molar-refractivity contribution is -0.179. The fourth-order valence-electron chi connectivity index (χ4n) is 3.52. The van der Waals surface area contributed by atoms with Crippen molar-refractivity contribution >= 4 is 56.4 Å². The molecular weight excluding hydrogens is 624 g/mol. The van der Waals surface area contributed by atoms with Gasteiger partial charge in [0.25, 0.3) is 11.8 Å². The predicted octanol–water partition coefficient (Wildman–Crippen LogP) is 1.12. The quantitative estimate of drug-likeness (QED) is 0.107. The Balaban J connectivity index is 1.92. The van der Waals surface area contributed by atoms with Crippen molar-refractivity contribution in [3.05, 3.63) is 23.7 Å². The molecule has 20 heteroatoms. The summed E-state index contributed by atoms with van der Waals surface area (Å²) in [5, 5.41) is 17.3. The molecule has 1 saturated heterocycles. The van der Waals surface area contributed by atoms with Crippen molar-refractivity contribution in [1.82, 2.24) is 29.4 Å². The second-order valence-corrected chi connectivity index (χ2v) is 14.1. The third-order valence-corrected chi connectivity index (χ3v) is 7.10. The molecule has 1 fully saturated rings. The summed E-state index contributed by atoms with van der Waals surface area (Å²) in [4.78, 5) is 60.8. The van der Waals surface area contributed by atoms with E-state index in [0.29, 0.717) is 0 Å². The van der Waals surface area contributed by atoms with Gasteiger partial charge >= 0.3 is 22.4 Å². The minimum absolute atomic E-state index is 0.0175. The van der Waals surface area contributed by atoms with Crippen molar-refractivity contribution in [1.29, 1.82) is 0 Å². The van der Waals surface area contributed by atoms with Gasteiger partial charge in [-0.2, -0.15) is 8.42 Å². The molecule has 1 aliphatic heterocycles. The summed E-state index contributed by atoms with van der Waals surface area (Å²) in [7, 11) is -4.98. The number of carbonyl (C=O) groups is 4. The van der Waals surface area contributed by atoms with Crippen LogP contribution in [-0.2, 0) is 45.5 Å². The first-order valence-corrected chi connectivity index (χ1v) is 15.2. The first-order chi connectivity index (χ1) is 20.1. The summed E-state index contributed by atoms with van der Waals surface area (Å²) in [6.07, 6.45) is 1.68. The number of β-lactam (4-membered cyclic amide) rings is 1. The van der Waals surface area contributed by atoms with Crippen molar-refractivity contribution in [2.75, 3.05) is 5.32 Å². The largest absolute Gasteiger partial charge is 0.457 e. The van der Waals surface area contributed by atoms with Gasteiger partial charge in [-0.15, -0.1) is 21.5 Å². The third-order valence-electron chi connectivity index (χ3n) is 5.39. The van der Waals surface area contributed by atoms with Gasteiger partial charge in [-0.3, -0.25) is 19.5 Å². The second-order valence-electron chi connectivity index (χ2n) is 12.0. The smallest absolute Gasteiger partial charge is 0.413 e. The van der Waals surface area contributed by atoms with Gasteiger partial charge in [0.1, 0.15) is 35.6 Å². The Labute approximate surface area is 257 Å². The van der Waals surface area contributed by atoms with E-state index in [4.69, 9.17) is 14.3 Å². The summed E-state index contributed by atoms with van der Waals surface area (Å²) in [5.41, 5.74) is -4.02. The van der Waals surface area contributed by atoms with Gasteiger partial charge in [-0.1, -0.05) is 5.16 Å². The van der Waals surface area contributed by atoms with Gasteiger partial charge in [-0.25, -0.2) is 18.9 Å². The zero-order chi connectivity index (χ0) is 33.3. The van der Waals surface area contributed by atoms with Crippen LogP contribution in [0, 0.1) is 0 Å². The van der Waals surface area contributed by atoms with Crippen LogP contribution in [-0.4, -0.2) is 95.5 Å². The maximum atomic E-state index is 13.5. The molecule has 0 radical (unpaired) electrons. The van der Waals surface area contributed by atoms with Crippen LogP contribution < -0.4 is 10.6 Å². The van der Waals surface area contributed by atoms with Crippen molar-refractivity contribution in [2.24, 2.45) is 5.16 Å². The molecule has 242 valence electrons. The highest BCUT2D eigenvalue weighted by atomic mass is 32.2. The number of thiazole rings is 1. The number of carbonyl (C=O) groups excluding carboxylic acids is 4. The van der Waals surface area contributed by atoms with Crippen LogP contribution in [0.15, 0.2) is 23.2 Å². The third kappa shape index (κ3) is 8.92. The van der Waals surface area contributed by atoms with E-state index in [1.54, 1.807) is 41.5 Å². The van der Waals surface area contributed by atoms with Crippen molar-refractivity contribution in [2.45, 2.75) is 90.8 Å². The molecule has 3 amide bonds. The number of anilines is 1. The van der Waals surface area contributed by atoms with Crippen LogP contribution in [0.1, 0.15) is 61.1 Å². The molecule has 0 unspecified atom stereocenters. The van der Waals surface area contributed by atoms with Crippen LogP contribution in [0.4, 0.5) is 9.93 Å². The number of ether oxygens (including phenoxy) is 2. The molecule has 2 atom stereocenters. The van der Waals surface area contributed by atoms with E-state index in [1.807, 2.05) is 0 Å². The molecular formula is C24H34N8O10S2. The lowest BCUT2D eigenvalue weighted by Crippen LogP contribution is -2.73. The van der Waals surface area contributed by atoms with Crippen LogP contribution in [0.2, 0.25) is 0 Å². The van der Waals surface area contributed by atoms with Gasteiger partial charge in [0.05, 0.1) is 6.04 Å². The molecule has 3 heterocycles. The Morgan fingerprint density at radius 1 is 1.05 bits per heavy atom. The molecule has 3 N–H and O–H groups in total. The van der Waals surface area contributed by atoms with Crippen LogP contribution in [0.25, 0.3) is 0 Å². The highest BCUT2D eigenvalue weighted by molar-refractivity contribution is 7.84. The Morgan fingerprint density at radius 2 is 1.64 bits per heavy atom. The summed E-state index contributed by atoms with van der Waals surface area (Å²) in [5.74, 6) is -2.98. The topological polar surface area (TPSA) is 234 Å². The molecule has 3 rings (SSSR count). The number of nitrogens with zero attached hydrogens (tertiary/aromatic N) is 6. The monoisotopic (exact) mass is 658 g/mol. The van der Waals surface area contributed by atoms with Gasteiger partial charge in [0, 0.05) is 11.9 Å². The SMILES string of the molecule is CC(C)(C)OC(=O)Nc1nc(/C(=N\OC(C)(C)C(=O)OC(C)(C)C)C(=O)N[C@@H]2C(=O)N(S(=O)(=O)O)[C@@H]2Cn2cnnc2)cs1. The van der Waals surface area contributed by atoms with Gasteiger partial charge in [0.15, 0.2) is 10.8 Å². The normalized spacial score (nSPS) is 17.9. The highest BCUT2D eigenvalue weighted by Crippen LogP contribution is 2.26. The van der Waals surface area contributed by atoms with E-state index in [9.17, 15) is 32.1 Å². The lowest BCUT2D eigenvalue weighted by atomic mass is 9.98. The molecule has 0 aliphatic carbocycles. The number of hydrogen-bond acceptors (Lipinski definition) is 14. The van der Waals surface area contributed by atoms with Crippen LogP contribution >= 0.6 is 11.3 Å². The molecule has 2 aromatic rings. The number of rotatable bonds is 10. The fourth-order valence-corrected chi connectivity index (χ4v) is 5.07. The Hall–Kier alpha value is -4.17. The molecule has 0 bridgehead atoms. The van der Waals surface area contributed by atoms with Crippen molar-refractivity contribution in [3.63, 3.8) is 0 Å². The van der Waals surface area contributed by atoms with Crippen LogP contribution in [0.5, 0.6) is 0 Å². The average molecular weight is 659 g/mol. The number of hydrogen-bond donors (Lipinski definition) is 3. The predicted molar refractivity (Wildman–Crippen MR) is 154 cm³/mol. The molecule has 44 heavy (non-hydrogen) atoms. The zero-order valence-electron chi connectivity index (χ0n) is 25.2. The highest BCUT2D eigenvalue weighted by Gasteiger charge is 2.54. The van der Waals surface area contributed by atoms with E-state index in [2.05, 4.69) is 31.0 Å². The Bertz CT molecular complexity index is 1540. The van der Waals surface area contributed by atoms with Gasteiger partial charge in [-0.05, 0) is 55.4 Å². The Morgan fingerprint density at radius 3 is 2.18 bits per heavy atom. The van der Waals surface area contributed by atoms with E-state index in [-0.39, 0.29) is 21.7 Å². The van der Waals surface area contributed by atoms with Gasteiger partial charge in [0.2, 0.25) is 5.60 Å². The number of oxime groups is 1. The molecule has 0 saturated carbocycles. The van der Waals surface area contributed by atoms with E-state index in [1.165, 1.54) is 36.4 Å². The second kappa shape index (κ2) is 12.4. The number of aromatic nitrogens is 4. The van der Waals surface area contributed by atoms with E-state index in [0.717, 1.165) is 11.3 Å². The van der Waals surface area contributed by atoms with Gasteiger partial charge < -0.3 is 24.2 Å². The molecule has 1 aliphatic rings. The van der Waals surface area contributed by atoms with Crippen molar-refractivity contribution in [3.8, 4) is 0 Å². The maximum absolute atomic E-state index is 13.5. The Kier molecular flexibility index (Phi) is 9.71. The fraction of sp³-hybridized carbons (Fsp3) is 0.583. The van der Waals surface area contributed by atoms with Crippen molar-refractivity contribution < 1.29 is 46.5 Å². The summed E-state index contributed by atoms with van der Waals surface area (Å²) < 4.78 is 45.4. The first kappa shape index (κ1) is 34.3. The summed E-state index contributed by atoms with van der Waals surface area (Å²) >= 11 is 0.908. The standard InChI is InChI=1S/C24H34N8O10S2/c1-22(2,3)40-19(35)24(7,8)42-30-15(13-10-43-20(27-13)29-21(36)41-23(4,5)6)17(33)28-16-14(9-31-11-25-26-12-31)32(18(16)34)44(37,38)39/h10-12,14,16H,9H2,1-8H3,(H,28,33)(H,27,29,36)(H,37,38,39)/b30-15+/t14-,16+/m1/s1. The average Bonchev–Trinajstić information content (AvgIpc) is 3.51. The molecule has 0 spiro atoms. The number of amides is 3. The molecule has 2 aromatic heterocycles.